The van der Waals surface area contributed by atoms with Crippen LogP contribution in [0.2, 0.25) is 0 Å². The van der Waals surface area contributed by atoms with Crippen LogP contribution in [0, 0.1) is 0 Å². The first-order valence-electron chi connectivity index (χ1n) is 27.5. The third-order valence-corrected chi connectivity index (χ3v) is 12.2. The van der Waals surface area contributed by atoms with Crippen molar-refractivity contribution in [2.75, 3.05) is 45.9 Å². The van der Waals surface area contributed by atoms with Gasteiger partial charge >= 0.3 is 0 Å². The summed E-state index contributed by atoms with van der Waals surface area (Å²) in [5.74, 6) is -9.88. The van der Waals surface area contributed by atoms with Gasteiger partial charge in [0.1, 0.15) is 54.4 Å². The highest BCUT2D eigenvalue weighted by Crippen LogP contribution is 2.11. The lowest BCUT2D eigenvalue weighted by atomic mass is 10.0. The van der Waals surface area contributed by atoms with Crippen LogP contribution in [0.5, 0.6) is 0 Å². The lowest BCUT2D eigenvalue weighted by Gasteiger charge is -2.28. The minimum atomic E-state index is -1.54. The number of nitrogens with zero attached hydrogens (tertiary/aromatic N) is 4. The number of hydrogen-bond acceptors (Lipinski definition) is 18. The molecular weight excluding hydrogens is 1100 g/mol. The molecule has 36 nitrogen and oxygen atoms in total. The van der Waals surface area contributed by atoms with Crippen molar-refractivity contribution in [1.82, 2.24) is 47.9 Å². The molecule has 478 valence electrons. The van der Waals surface area contributed by atoms with E-state index in [0.29, 0.717) is 19.3 Å². The molecule has 0 saturated heterocycles. The minimum Gasteiger partial charge on any atom is -0.394 e. The summed E-state index contributed by atoms with van der Waals surface area (Å²) in [7, 11) is 0. The Kier molecular flexibility index (Phi) is 38.2. The van der Waals surface area contributed by atoms with Crippen molar-refractivity contribution in [3.8, 4) is 0 Å². The van der Waals surface area contributed by atoms with Crippen molar-refractivity contribution in [3.63, 3.8) is 0 Å². The molecule has 36 heteroatoms. The summed E-state index contributed by atoms with van der Waals surface area (Å²) in [4.78, 5) is 151. The summed E-state index contributed by atoms with van der Waals surface area (Å²) in [6.07, 6.45) is -0.232. The number of aliphatic imine (C=N–C) groups is 4. The van der Waals surface area contributed by atoms with E-state index in [1.165, 1.54) is 13.8 Å². The van der Waals surface area contributed by atoms with E-state index in [0.717, 1.165) is 6.92 Å². The second-order valence-electron chi connectivity index (χ2n) is 19.5. The molecule has 0 aliphatic heterocycles. The second-order valence-corrected chi connectivity index (χ2v) is 19.5. The SMILES string of the molecule is CC(=O)N[C@H](CO)C(=O)N[C@@H](C)C(=O)N[C@@H](CCCN=C(N)N)C(=O)N[C@@H](CCCN=C(N)N)C(=O)N[C@@H](CCCN=C(N)N)C(=O)N[C@@H](CCCCN)C(=O)N[C@@H](CCCCN)C(=O)N[C@@H](CCCN=C(N)N)C(=O)N[C@H](C(N)=O)[C@@H](C)O. The number of carbonyl (C=O) groups is 10. The average Bonchev–Trinajstić information content (AvgIpc) is 3.50. The molecule has 0 radical (unpaired) electrons. The molecule has 0 rings (SSSR count). The summed E-state index contributed by atoms with van der Waals surface area (Å²) in [6, 6.07) is -12.8. The first-order chi connectivity index (χ1) is 39.6. The molecule has 0 aromatic carbocycles. The van der Waals surface area contributed by atoms with Crippen LogP contribution in [0.3, 0.4) is 0 Å². The number of rotatable bonds is 44. The zero-order valence-corrected chi connectivity index (χ0v) is 48.2. The Balaban J connectivity index is 7.26. The molecule has 0 heterocycles. The van der Waals surface area contributed by atoms with E-state index < -0.39 is 126 Å². The molecule has 0 aliphatic rings. The highest BCUT2D eigenvalue weighted by atomic mass is 16.3. The van der Waals surface area contributed by atoms with Crippen molar-refractivity contribution in [3.05, 3.63) is 0 Å². The summed E-state index contributed by atoms with van der Waals surface area (Å²) in [5, 5.41) is 42.4. The maximum atomic E-state index is 14.5. The van der Waals surface area contributed by atoms with Gasteiger partial charge in [0.25, 0.3) is 0 Å². The van der Waals surface area contributed by atoms with Gasteiger partial charge in [0.2, 0.25) is 59.1 Å². The topological polar surface area (TPSA) is 655 Å². The zero-order valence-electron chi connectivity index (χ0n) is 48.2. The van der Waals surface area contributed by atoms with Crippen LogP contribution >= 0.6 is 0 Å². The van der Waals surface area contributed by atoms with E-state index in [9.17, 15) is 58.2 Å². The van der Waals surface area contributed by atoms with Gasteiger partial charge in [0.15, 0.2) is 23.8 Å². The number of aliphatic hydroxyl groups is 2. The molecule has 0 aromatic rings. The third-order valence-electron chi connectivity index (χ3n) is 12.2. The molecule has 84 heavy (non-hydrogen) atoms. The van der Waals surface area contributed by atoms with E-state index in [2.05, 4.69) is 67.8 Å². The number of hydrogen-bond donors (Lipinski definition) is 22. The van der Waals surface area contributed by atoms with Gasteiger partial charge in [0.05, 0.1) is 12.7 Å². The number of guanidine groups is 4. The summed E-state index contributed by atoms with van der Waals surface area (Å²) >= 11 is 0. The van der Waals surface area contributed by atoms with Gasteiger partial charge in [-0.15, -0.1) is 0 Å². The fourth-order valence-electron chi connectivity index (χ4n) is 7.77. The maximum Gasteiger partial charge on any atom is 0.245 e. The second kappa shape index (κ2) is 42.4. The molecule has 33 N–H and O–H groups in total. The highest BCUT2D eigenvalue weighted by molar-refractivity contribution is 5.98. The van der Waals surface area contributed by atoms with E-state index >= 15 is 0 Å². The Morgan fingerprint density at radius 1 is 0.369 bits per heavy atom. The van der Waals surface area contributed by atoms with Crippen molar-refractivity contribution < 1.29 is 58.2 Å². The van der Waals surface area contributed by atoms with Crippen LogP contribution in [0.25, 0.3) is 0 Å². The number of carbonyl (C=O) groups excluding carboxylic acids is 10. The Bertz CT molecular complexity index is 2240. The summed E-state index contributed by atoms with van der Waals surface area (Å²) < 4.78 is 0. The lowest BCUT2D eigenvalue weighted by Crippen LogP contribution is -2.60. The molecule has 0 saturated carbocycles. The highest BCUT2D eigenvalue weighted by Gasteiger charge is 2.35. The molecule has 0 aliphatic carbocycles. The first kappa shape index (κ1) is 75.6. The predicted octanol–water partition coefficient (Wildman–Crippen LogP) is -10.3. The van der Waals surface area contributed by atoms with Crippen LogP contribution in [0.4, 0.5) is 0 Å². The van der Waals surface area contributed by atoms with Gasteiger partial charge < -0.3 is 121 Å². The number of amides is 10. The van der Waals surface area contributed by atoms with Gasteiger partial charge in [-0.1, -0.05) is 0 Å². The molecule has 0 bridgehead atoms. The minimum absolute atomic E-state index is 0.00317. The number of nitrogens with one attached hydrogen (secondary N) is 9. The lowest BCUT2D eigenvalue weighted by molar-refractivity contribution is -0.136. The Labute approximate surface area is 487 Å². The standard InChI is InChI=1S/C48H94N24O12/c1-25(64-44(84)34(24-73)65-27(3)75)37(77)66-30(14-8-20-60-45(52)53)40(80)69-32(16-10-22-62-47(56)57)42(82)70-31(15-9-21-61-46(54)55)41(81)68-28(12-4-6-18-49)38(78)67-29(13-5-7-19-50)39(79)71-33(17-11-23-63-48(58)59)43(83)72-35(26(2)74)36(51)76/h25-26,28-35,73-74H,4-24,49-50H2,1-3H3,(H2,51,76)(H,64,84)(H,65,75)(H,66,77)(H,67,78)(H,68,81)(H,69,80)(H,70,82)(H,71,79)(H,72,83)(H4,52,53,60)(H4,54,55,61)(H4,56,57,62)(H4,58,59,63)/t25-,26+,28-,29-,30-,31-,32-,33-,34+,35-/m0/s1. The summed E-state index contributed by atoms with van der Waals surface area (Å²) in [5.41, 5.74) is 61.0. The monoisotopic (exact) mass is 1200 g/mol. The molecule has 0 aromatic heterocycles. The van der Waals surface area contributed by atoms with E-state index in [1.54, 1.807) is 0 Å². The van der Waals surface area contributed by atoms with Gasteiger partial charge in [-0.3, -0.25) is 67.9 Å². The van der Waals surface area contributed by atoms with Gasteiger partial charge in [-0.25, -0.2) is 0 Å². The fourth-order valence-corrected chi connectivity index (χ4v) is 7.77. The molecule has 0 unspecified atom stereocenters. The number of primary amides is 1. The fraction of sp³-hybridized carbons (Fsp3) is 0.708. The van der Waals surface area contributed by atoms with Crippen molar-refractivity contribution in [2.45, 2.75) is 171 Å². The average molecular weight is 1200 g/mol. The van der Waals surface area contributed by atoms with Gasteiger partial charge in [-0.05, 0) is 117 Å². The largest absolute Gasteiger partial charge is 0.394 e. The van der Waals surface area contributed by atoms with Gasteiger partial charge in [-0.2, -0.15) is 0 Å². The van der Waals surface area contributed by atoms with Crippen LogP contribution in [0.1, 0.15) is 111 Å². The van der Waals surface area contributed by atoms with Crippen LogP contribution in [0.15, 0.2) is 20.0 Å². The number of nitrogens with two attached hydrogens (primary N) is 11. The zero-order chi connectivity index (χ0) is 63.9. The first-order valence-corrected chi connectivity index (χ1v) is 27.5. The number of unbranched alkanes of at least 4 members (excludes halogenated alkanes) is 2. The molecule has 10 atom stereocenters. The molecule has 0 fully saturated rings. The predicted molar refractivity (Wildman–Crippen MR) is 312 cm³/mol. The smallest absolute Gasteiger partial charge is 0.245 e. The van der Waals surface area contributed by atoms with Crippen LogP contribution < -0.4 is 111 Å². The summed E-state index contributed by atoms with van der Waals surface area (Å²) in [6.45, 7) is 3.23. The van der Waals surface area contributed by atoms with Crippen molar-refractivity contribution in [2.24, 2.45) is 83.0 Å². The van der Waals surface area contributed by atoms with Gasteiger partial charge in [0, 0.05) is 33.1 Å². The van der Waals surface area contributed by atoms with Crippen LogP contribution in [-0.2, 0) is 47.9 Å². The van der Waals surface area contributed by atoms with E-state index in [-0.39, 0.29) is 134 Å². The molecule has 0 spiro atoms. The maximum absolute atomic E-state index is 14.5. The van der Waals surface area contributed by atoms with Crippen molar-refractivity contribution >= 4 is 82.9 Å². The molecular formula is C48H94N24O12. The normalized spacial score (nSPS) is 14.4. The van der Waals surface area contributed by atoms with Crippen LogP contribution in [-0.4, -0.2) is 199 Å². The van der Waals surface area contributed by atoms with E-state index in [1.807, 2.05) is 0 Å². The number of aliphatic hydroxyl groups excluding tert-OH is 2. The third kappa shape index (κ3) is 33.5. The quantitative estimate of drug-likeness (QED) is 0.0153. The Morgan fingerprint density at radius 3 is 0.869 bits per heavy atom. The Morgan fingerprint density at radius 2 is 0.631 bits per heavy atom. The Hall–Kier alpha value is -8.38. The molecule has 10 amide bonds. The van der Waals surface area contributed by atoms with E-state index in [4.69, 9.17) is 63.1 Å². The van der Waals surface area contributed by atoms with Crippen molar-refractivity contribution in [1.29, 1.82) is 0 Å².